The van der Waals surface area contributed by atoms with Gasteiger partial charge in [-0.05, 0) is 24.6 Å². The number of primary amides is 1. The van der Waals surface area contributed by atoms with Crippen LogP contribution in [0.1, 0.15) is 12.5 Å². The first-order valence-corrected chi connectivity index (χ1v) is 8.60. The second-order valence-corrected chi connectivity index (χ2v) is 6.21. The Hall–Kier alpha value is -3.06. The van der Waals surface area contributed by atoms with Crippen LogP contribution in [0.25, 0.3) is 0 Å². The molecule has 8 heteroatoms. The maximum Gasteiger partial charge on any atom is 0.329 e. The van der Waals surface area contributed by atoms with E-state index in [1.54, 1.807) is 36.4 Å². The molecule has 0 aliphatic rings. The third-order valence-electron chi connectivity index (χ3n) is 3.68. The number of esters is 1. The number of nitrogens with two attached hydrogens (primary N) is 1. The minimum Gasteiger partial charge on any atom is -0.451 e. The van der Waals surface area contributed by atoms with Crippen LogP contribution in [0.15, 0.2) is 54.6 Å². The Morgan fingerprint density at radius 2 is 1.70 bits per heavy atom. The van der Waals surface area contributed by atoms with Gasteiger partial charge in [-0.1, -0.05) is 54.1 Å². The Morgan fingerprint density at radius 3 is 2.33 bits per heavy atom. The molecule has 0 bridgehead atoms. The zero-order chi connectivity index (χ0) is 19.8. The molecular formula is C19H20ClN3O4. The van der Waals surface area contributed by atoms with Gasteiger partial charge in [-0.3, -0.25) is 4.79 Å². The summed E-state index contributed by atoms with van der Waals surface area (Å²) in [5.41, 5.74) is 6.35. The number of nitrogens with one attached hydrogen (secondary N) is 2. The fraction of sp³-hybridized carbons (Fsp3) is 0.211. The lowest BCUT2D eigenvalue weighted by Crippen LogP contribution is -2.47. The highest BCUT2D eigenvalue weighted by atomic mass is 35.5. The number of para-hydroxylation sites is 1. The summed E-state index contributed by atoms with van der Waals surface area (Å²) < 4.78 is 5.20. The minimum absolute atomic E-state index is 0.182. The lowest BCUT2D eigenvalue weighted by Gasteiger charge is -2.20. The molecule has 27 heavy (non-hydrogen) atoms. The summed E-state index contributed by atoms with van der Waals surface area (Å²) in [6, 6.07) is 13.9. The van der Waals surface area contributed by atoms with Crippen molar-refractivity contribution in [2.24, 2.45) is 5.73 Å². The average molecular weight is 390 g/mol. The Morgan fingerprint density at radius 1 is 1.07 bits per heavy atom. The number of hydrogen-bond donors (Lipinski definition) is 3. The molecule has 0 aromatic heterocycles. The summed E-state index contributed by atoms with van der Waals surface area (Å²) >= 11 is 5.99. The van der Waals surface area contributed by atoms with E-state index in [0.717, 1.165) is 5.56 Å². The lowest BCUT2D eigenvalue weighted by atomic mass is 10.1. The van der Waals surface area contributed by atoms with Gasteiger partial charge < -0.3 is 21.1 Å². The van der Waals surface area contributed by atoms with Crippen LogP contribution >= 0.6 is 11.6 Å². The van der Waals surface area contributed by atoms with E-state index in [9.17, 15) is 14.4 Å². The molecule has 3 amide bonds. The van der Waals surface area contributed by atoms with E-state index in [1.807, 2.05) is 18.2 Å². The van der Waals surface area contributed by atoms with Crippen LogP contribution in [0, 0.1) is 0 Å². The van der Waals surface area contributed by atoms with E-state index >= 15 is 0 Å². The van der Waals surface area contributed by atoms with Gasteiger partial charge in [0.05, 0.1) is 10.7 Å². The molecule has 0 saturated carbocycles. The summed E-state index contributed by atoms with van der Waals surface area (Å²) in [7, 11) is 0. The molecule has 142 valence electrons. The van der Waals surface area contributed by atoms with Gasteiger partial charge in [0.25, 0.3) is 5.91 Å². The van der Waals surface area contributed by atoms with Crippen LogP contribution in [0.5, 0.6) is 0 Å². The van der Waals surface area contributed by atoms with E-state index < -0.39 is 30.1 Å². The maximum atomic E-state index is 12.4. The Labute approximate surface area is 161 Å². The molecule has 0 radical (unpaired) electrons. The predicted molar refractivity (Wildman–Crippen MR) is 102 cm³/mol. The molecule has 0 aliphatic heterocycles. The minimum atomic E-state index is -1.10. The van der Waals surface area contributed by atoms with E-state index in [-0.39, 0.29) is 6.42 Å². The molecule has 2 aromatic rings. The van der Waals surface area contributed by atoms with Crippen molar-refractivity contribution in [3.63, 3.8) is 0 Å². The number of anilines is 1. The largest absolute Gasteiger partial charge is 0.451 e. The van der Waals surface area contributed by atoms with Crippen molar-refractivity contribution in [2.45, 2.75) is 25.5 Å². The van der Waals surface area contributed by atoms with Gasteiger partial charge in [0.1, 0.15) is 6.04 Å². The third kappa shape index (κ3) is 6.31. The number of carbonyl (C=O) groups is 3. The standard InChI is InChI=1S/C19H20ClN3O4/c1-12(17(24)22-15-10-6-5-9-14(15)20)27-18(25)16(23-19(21)26)11-13-7-3-2-4-8-13/h2-10,12,16H,11H2,1H3,(H,22,24)(H3,21,23,26)/t12-,16-/m0/s1. The van der Waals surface area contributed by atoms with Crippen molar-refractivity contribution in [1.82, 2.24) is 5.32 Å². The molecule has 0 aliphatic carbocycles. The highest BCUT2D eigenvalue weighted by Gasteiger charge is 2.26. The number of carbonyl (C=O) groups excluding carboxylic acids is 3. The molecule has 2 atom stereocenters. The van der Waals surface area contributed by atoms with Crippen LogP contribution in [0.2, 0.25) is 5.02 Å². The topological polar surface area (TPSA) is 111 Å². The number of halogens is 1. The van der Waals surface area contributed by atoms with Crippen LogP contribution in [-0.2, 0) is 20.7 Å². The molecule has 0 heterocycles. The molecule has 2 rings (SSSR count). The highest BCUT2D eigenvalue weighted by molar-refractivity contribution is 6.33. The van der Waals surface area contributed by atoms with Crippen LogP contribution in [0.3, 0.4) is 0 Å². The van der Waals surface area contributed by atoms with Gasteiger partial charge in [-0.15, -0.1) is 0 Å². The van der Waals surface area contributed by atoms with Crippen molar-refractivity contribution in [3.05, 3.63) is 65.2 Å². The maximum absolute atomic E-state index is 12.4. The molecule has 0 saturated heterocycles. The molecule has 4 N–H and O–H groups in total. The van der Waals surface area contributed by atoms with Crippen LogP contribution in [-0.4, -0.2) is 30.1 Å². The van der Waals surface area contributed by atoms with Gasteiger partial charge in [-0.2, -0.15) is 0 Å². The average Bonchev–Trinajstić information content (AvgIpc) is 2.63. The van der Waals surface area contributed by atoms with Crippen molar-refractivity contribution in [1.29, 1.82) is 0 Å². The zero-order valence-electron chi connectivity index (χ0n) is 14.6. The number of urea groups is 1. The Kier molecular flexibility index (Phi) is 7.19. The van der Waals surface area contributed by atoms with Crippen molar-refractivity contribution in [3.8, 4) is 0 Å². The highest BCUT2D eigenvalue weighted by Crippen LogP contribution is 2.20. The molecular weight excluding hydrogens is 370 g/mol. The zero-order valence-corrected chi connectivity index (χ0v) is 15.4. The first kappa shape index (κ1) is 20.3. The van der Waals surface area contributed by atoms with E-state index in [2.05, 4.69) is 10.6 Å². The molecule has 0 unspecified atom stereocenters. The summed E-state index contributed by atoms with van der Waals surface area (Å²) in [6.07, 6.45) is -0.914. The second-order valence-electron chi connectivity index (χ2n) is 5.80. The van der Waals surface area contributed by atoms with Gasteiger partial charge in [-0.25, -0.2) is 9.59 Å². The number of hydrogen-bond acceptors (Lipinski definition) is 4. The number of amides is 3. The van der Waals surface area contributed by atoms with E-state index in [0.29, 0.717) is 10.7 Å². The summed E-state index contributed by atoms with van der Waals surface area (Å²) in [5, 5.41) is 5.29. The monoisotopic (exact) mass is 389 g/mol. The Balaban J connectivity index is 2.01. The lowest BCUT2D eigenvalue weighted by molar-refractivity contribution is -0.155. The van der Waals surface area contributed by atoms with E-state index in [1.165, 1.54) is 6.92 Å². The fourth-order valence-corrected chi connectivity index (χ4v) is 2.50. The second kappa shape index (κ2) is 9.59. The third-order valence-corrected chi connectivity index (χ3v) is 4.01. The number of ether oxygens (including phenoxy) is 1. The van der Waals surface area contributed by atoms with Gasteiger partial charge in [0.2, 0.25) is 0 Å². The van der Waals surface area contributed by atoms with Crippen molar-refractivity contribution in [2.75, 3.05) is 5.32 Å². The van der Waals surface area contributed by atoms with Crippen molar-refractivity contribution < 1.29 is 19.1 Å². The fourth-order valence-electron chi connectivity index (χ4n) is 2.32. The quantitative estimate of drug-likeness (QED) is 0.632. The number of benzene rings is 2. The SMILES string of the molecule is C[C@H](OC(=O)[C@H](Cc1ccccc1)NC(N)=O)C(=O)Nc1ccccc1Cl. The molecule has 7 nitrogen and oxygen atoms in total. The van der Waals surface area contributed by atoms with Crippen molar-refractivity contribution >= 4 is 35.2 Å². The summed E-state index contributed by atoms with van der Waals surface area (Å²) in [6.45, 7) is 1.42. The van der Waals surface area contributed by atoms with Gasteiger partial charge >= 0.3 is 12.0 Å². The molecule has 0 fully saturated rings. The number of rotatable bonds is 7. The van der Waals surface area contributed by atoms with E-state index in [4.69, 9.17) is 22.1 Å². The first-order valence-electron chi connectivity index (χ1n) is 8.22. The molecule has 0 spiro atoms. The van der Waals surface area contributed by atoms with Gasteiger partial charge in [0, 0.05) is 6.42 Å². The summed E-state index contributed by atoms with van der Waals surface area (Å²) in [5.74, 6) is -1.31. The summed E-state index contributed by atoms with van der Waals surface area (Å²) in [4.78, 5) is 35.9. The van der Waals surface area contributed by atoms with Crippen LogP contribution < -0.4 is 16.4 Å². The molecule has 2 aromatic carbocycles. The Bertz CT molecular complexity index is 814. The normalized spacial score (nSPS) is 12.5. The van der Waals surface area contributed by atoms with Crippen LogP contribution in [0.4, 0.5) is 10.5 Å². The first-order chi connectivity index (χ1) is 12.9. The predicted octanol–water partition coefficient (Wildman–Crippen LogP) is 2.49. The van der Waals surface area contributed by atoms with Gasteiger partial charge in [0.15, 0.2) is 6.10 Å². The smallest absolute Gasteiger partial charge is 0.329 e.